The molecule has 6 fully saturated rings. The molecule has 0 aromatic rings. The van der Waals surface area contributed by atoms with E-state index in [0.29, 0.717) is 37.6 Å². The van der Waals surface area contributed by atoms with Gasteiger partial charge in [0.15, 0.2) is 0 Å². The van der Waals surface area contributed by atoms with Crippen LogP contribution >= 0.6 is 0 Å². The second-order valence-electron chi connectivity index (χ2n) is 16.5. The van der Waals surface area contributed by atoms with Crippen LogP contribution in [0.1, 0.15) is 96.3 Å². The lowest BCUT2D eigenvalue weighted by Crippen LogP contribution is -2.62. The summed E-state index contributed by atoms with van der Waals surface area (Å²) in [5.41, 5.74) is 6.26. The highest BCUT2D eigenvalue weighted by Gasteiger charge is 2.56. The number of ether oxygens (including phenoxy) is 6. The molecule has 278 valence electrons. The van der Waals surface area contributed by atoms with Crippen molar-refractivity contribution in [3.63, 3.8) is 0 Å². The van der Waals surface area contributed by atoms with Crippen molar-refractivity contribution in [2.24, 2.45) is 47.2 Å². The van der Waals surface area contributed by atoms with Crippen molar-refractivity contribution in [2.45, 2.75) is 151 Å². The van der Waals surface area contributed by atoms with Crippen LogP contribution < -0.4 is 11.1 Å². The Kier molecular flexibility index (Phi) is 13.9. The number of aliphatic hydroxyl groups is 2. The van der Waals surface area contributed by atoms with Gasteiger partial charge >= 0.3 is 0 Å². The zero-order valence-electron chi connectivity index (χ0n) is 30.1. The zero-order chi connectivity index (χ0) is 33.6. The number of nitrogens with one attached hydrogen (secondary N) is 1. The molecule has 5 N–H and O–H groups in total. The van der Waals surface area contributed by atoms with Crippen molar-refractivity contribution in [1.82, 2.24) is 5.32 Å². The Morgan fingerprint density at radius 1 is 0.812 bits per heavy atom. The fourth-order valence-electron chi connectivity index (χ4n) is 11.0. The molecule has 3 saturated carbocycles. The Morgan fingerprint density at radius 2 is 1.65 bits per heavy atom. The number of fused-ring (bicyclic) bond motifs is 2. The maximum atomic E-state index is 12.5. The first-order valence-corrected chi connectivity index (χ1v) is 19.7. The molecule has 0 radical (unpaired) electrons. The minimum absolute atomic E-state index is 0.00766. The van der Waals surface area contributed by atoms with E-state index in [1.54, 1.807) is 7.11 Å². The number of piperidine rings is 1. The largest absolute Gasteiger partial charge is 0.393 e. The number of nitrogens with two attached hydrogens (primary N) is 1. The molecule has 10 heteroatoms. The Labute approximate surface area is 289 Å². The molecule has 10 nitrogen and oxygen atoms in total. The van der Waals surface area contributed by atoms with Crippen LogP contribution in [-0.4, -0.2) is 113 Å². The summed E-state index contributed by atoms with van der Waals surface area (Å²) in [5.74, 6) is 1.55. The first kappa shape index (κ1) is 37.4. The summed E-state index contributed by atoms with van der Waals surface area (Å²) in [4.78, 5) is 0. The summed E-state index contributed by atoms with van der Waals surface area (Å²) < 4.78 is 38.6. The van der Waals surface area contributed by atoms with Gasteiger partial charge in [-0.15, -0.1) is 0 Å². The quantitative estimate of drug-likeness (QED) is 0.211. The van der Waals surface area contributed by atoms with Crippen molar-refractivity contribution < 1.29 is 38.6 Å². The minimum Gasteiger partial charge on any atom is -0.393 e. The van der Waals surface area contributed by atoms with Gasteiger partial charge < -0.3 is 49.7 Å². The molecule has 6 aliphatic rings. The highest BCUT2D eigenvalue weighted by Crippen LogP contribution is 2.51. The third-order valence-electron chi connectivity index (χ3n) is 13.5. The third kappa shape index (κ3) is 8.96. The molecule has 6 rings (SSSR count). The van der Waals surface area contributed by atoms with E-state index in [2.05, 4.69) is 5.32 Å². The van der Waals surface area contributed by atoms with Crippen LogP contribution in [0, 0.1) is 41.4 Å². The molecule has 3 saturated heterocycles. The van der Waals surface area contributed by atoms with Gasteiger partial charge in [0.25, 0.3) is 0 Å². The standard InChI is InChI=1S/C38H68N2O8/c1-43-14-5-8-33-35(38(29-20-27(44-2)9-10-32(29)48-33)46-15-12-23-11-13-40-34(39)18-23)31-22-47-37-25(16-24-6-4-7-26(41)17-24)19-28(45-3)21-30(37)36(31)42/h23-38,40-42H,4-22,39H2,1-3H3. The van der Waals surface area contributed by atoms with E-state index in [1.165, 1.54) is 6.42 Å². The highest BCUT2D eigenvalue weighted by molar-refractivity contribution is 5.04. The maximum Gasteiger partial charge on any atom is 0.0686 e. The molecule has 3 heterocycles. The lowest BCUT2D eigenvalue weighted by atomic mass is 9.62. The van der Waals surface area contributed by atoms with E-state index >= 15 is 0 Å². The van der Waals surface area contributed by atoms with Crippen LogP contribution in [0.5, 0.6) is 0 Å². The topological polar surface area (TPSA) is 134 Å². The molecule has 0 amide bonds. The molecule has 3 aliphatic carbocycles. The number of hydrogen-bond donors (Lipinski definition) is 4. The molecular formula is C38H68N2O8. The number of hydrogen-bond acceptors (Lipinski definition) is 10. The predicted octanol–water partition coefficient (Wildman–Crippen LogP) is 4.03. The Morgan fingerprint density at radius 3 is 2.42 bits per heavy atom. The monoisotopic (exact) mass is 680 g/mol. The highest BCUT2D eigenvalue weighted by atomic mass is 16.5. The van der Waals surface area contributed by atoms with Gasteiger partial charge in [0, 0.05) is 58.2 Å². The van der Waals surface area contributed by atoms with Crippen molar-refractivity contribution in [3.8, 4) is 0 Å². The van der Waals surface area contributed by atoms with Crippen LogP contribution in [0.2, 0.25) is 0 Å². The van der Waals surface area contributed by atoms with Gasteiger partial charge in [-0.05, 0) is 108 Å². The summed E-state index contributed by atoms with van der Waals surface area (Å²) in [5, 5.41) is 26.3. The number of aliphatic hydroxyl groups excluding tert-OH is 2. The zero-order valence-corrected chi connectivity index (χ0v) is 30.1. The van der Waals surface area contributed by atoms with E-state index in [-0.39, 0.29) is 72.6 Å². The van der Waals surface area contributed by atoms with E-state index in [1.807, 2.05) is 14.2 Å². The molecule has 3 aliphatic heterocycles. The van der Waals surface area contributed by atoms with E-state index < -0.39 is 6.10 Å². The van der Waals surface area contributed by atoms with Crippen LogP contribution in [0.15, 0.2) is 0 Å². The van der Waals surface area contributed by atoms with Gasteiger partial charge in [-0.3, -0.25) is 0 Å². The van der Waals surface area contributed by atoms with Gasteiger partial charge in [-0.2, -0.15) is 0 Å². The van der Waals surface area contributed by atoms with Crippen LogP contribution in [0.4, 0.5) is 0 Å². The van der Waals surface area contributed by atoms with Gasteiger partial charge in [-0.1, -0.05) is 12.8 Å². The summed E-state index contributed by atoms with van der Waals surface area (Å²) in [6, 6.07) is 0. The van der Waals surface area contributed by atoms with Crippen molar-refractivity contribution in [1.29, 1.82) is 0 Å². The molecule has 16 unspecified atom stereocenters. The van der Waals surface area contributed by atoms with Crippen LogP contribution in [0.25, 0.3) is 0 Å². The summed E-state index contributed by atoms with van der Waals surface area (Å²) in [6.07, 6.45) is 14.4. The van der Waals surface area contributed by atoms with Crippen LogP contribution in [-0.2, 0) is 28.4 Å². The first-order valence-electron chi connectivity index (χ1n) is 19.7. The maximum absolute atomic E-state index is 12.5. The molecule has 16 atom stereocenters. The van der Waals surface area contributed by atoms with Crippen molar-refractivity contribution in [2.75, 3.05) is 47.7 Å². The third-order valence-corrected chi connectivity index (χ3v) is 13.5. The normalized spacial score (nSPS) is 46.9. The predicted molar refractivity (Wildman–Crippen MR) is 183 cm³/mol. The van der Waals surface area contributed by atoms with Gasteiger partial charge in [-0.25, -0.2) is 0 Å². The van der Waals surface area contributed by atoms with Crippen molar-refractivity contribution >= 4 is 0 Å². The van der Waals surface area contributed by atoms with Gasteiger partial charge in [0.2, 0.25) is 0 Å². The van der Waals surface area contributed by atoms with Crippen LogP contribution in [0.3, 0.4) is 0 Å². The Balaban J connectivity index is 1.23. The Bertz CT molecular complexity index is 962. The van der Waals surface area contributed by atoms with Gasteiger partial charge in [0.1, 0.15) is 0 Å². The molecule has 0 aromatic heterocycles. The first-order chi connectivity index (χ1) is 23.4. The Hall–Kier alpha value is -0.400. The molecular weight excluding hydrogens is 612 g/mol. The van der Waals surface area contributed by atoms with E-state index in [9.17, 15) is 10.2 Å². The average Bonchev–Trinajstić information content (AvgIpc) is 3.09. The summed E-state index contributed by atoms with van der Waals surface area (Å²) >= 11 is 0. The van der Waals surface area contributed by atoms with Gasteiger partial charge in [0.05, 0.1) is 61.6 Å². The fraction of sp³-hybridized carbons (Fsp3) is 1.00. The molecule has 0 bridgehead atoms. The van der Waals surface area contributed by atoms with Crippen molar-refractivity contribution in [3.05, 3.63) is 0 Å². The number of rotatable bonds is 13. The lowest BCUT2D eigenvalue weighted by molar-refractivity contribution is -0.259. The second kappa shape index (κ2) is 17.9. The molecule has 48 heavy (non-hydrogen) atoms. The van der Waals surface area contributed by atoms with E-state index in [4.69, 9.17) is 34.2 Å². The molecule has 0 spiro atoms. The smallest absolute Gasteiger partial charge is 0.0686 e. The molecule has 0 aromatic carbocycles. The fourth-order valence-corrected chi connectivity index (χ4v) is 11.0. The minimum atomic E-state index is -0.522. The second-order valence-corrected chi connectivity index (χ2v) is 16.5. The average molecular weight is 681 g/mol. The summed E-state index contributed by atoms with van der Waals surface area (Å²) in [7, 11) is 5.41. The number of methoxy groups -OCH3 is 3. The SMILES string of the molecule is COCCCC1OC2CCC(OC)CC2C(OCCC2CCNC(N)C2)C1C1COC2C(CC3CCCC(O)C3)CC(OC)CC2C1O. The lowest BCUT2D eigenvalue weighted by Gasteiger charge is -2.56. The summed E-state index contributed by atoms with van der Waals surface area (Å²) in [6.45, 7) is 2.87. The van der Waals surface area contributed by atoms with E-state index in [0.717, 1.165) is 96.4 Å².